The number of anilines is 2. The van der Waals surface area contributed by atoms with E-state index in [1.165, 1.54) is 68.2 Å². The van der Waals surface area contributed by atoms with Gasteiger partial charge in [0.2, 0.25) is 0 Å². The Morgan fingerprint density at radius 1 is 0.925 bits per heavy atom. The van der Waals surface area contributed by atoms with Crippen LogP contribution in [0.3, 0.4) is 0 Å². The Labute approximate surface area is 234 Å². The lowest BCUT2D eigenvalue weighted by Gasteiger charge is -2.33. The molecule has 2 aromatic rings. The van der Waals surface area contributed by atoms with Crippen LogP contribution >= 0.6 is 0 Å². The van der Waals surface area contributed by atoms with Crippen LogP contribution in [0.1, 0.15) is 80.6 Å². The van der Waals surface area contributed by atoms with Crippen molar-refractivity contribution in [3.05, 3.63) is 59.7 Å². The highest BCUT2D eigenvalue weighted by molar-refractivity contribution is 5.91. The van der Waals surface area contributed by atoms with E-state index < -0.39 is 24.0 Å². The van der Waals surface area contributed by atoms with Gasteiger partial charge in [0.05, 0.1) is 11.5 Å². The smallest absolute Gasteiger partial charge is 0.400 e. The Morgan fingerprint density at radius 3 is 2.23 bits per heavy atom. The van der Waals surface area contributed by atoms with Crippen LogP contribution in [0, 0.1) is 11.8 Å². The predicted molar refractivity (Wildman–Crippen MR) is 152 cm³/mol. The van der Waals surface area contributed by atoms with Crippen molar-refractivity contribution in [2.24, 2.45) is 11.8 Å². The topological polar surface area (TPSA) is 114 Å². The number of nitrogens with two attached hydrogens (primary N) is 2. The minimum Gasteiger partial charge on any atom is -0.459 e. The van der Waals surface area contributed by atoms with Crippen molar-refractivity contribution in [1.29, 1.82) is 0 Å². The SMILES string of the molecule is CCCCCCC1CCC(C(F)(F)Oc2ccc(/C=C/C(=O)OCCOC(=O)c3cc(N)cc(N)c3)cc2)CC1. The van der Waals surface area contributed by atoms with Crippen LogP contribution in [0.4, 0.5) is 20.2 Å². The zero-order valence-electron chi connectivity index (χ0n) is 23.1. The van der Waals surface area contributed by atoms with Gasteiger partial charge in [-0.2, -0.15) is 8.78 Å². The fourth-order valence-electron chi connectivity index (χ4n) is 4.90. The van der Waals surface area contributed by atoms with Crippen LogP contribution in [0.2, 0.25) is 0 Å². The monoisotopic (exact) mass is 558 g/mol. The number of halogens is 2. The van der Waals surface area contributed by atoms with Crippen molar-refractivity contribution in [3.63, 3.8) is 0 Å². The van der Waals surface area contributed by atoms with Gasteiger partial charge in [0.25, 0.3) is 0 Å². The molecular weight excluding hydrogens is 518 g/mol. The standard InChI is InChI=1S/C31H40F2N2O5/c1-2-3-4-5-6-22-7-12-25(13-8-22)31(32,33)40-28-14-9-23(10-15-28)11-16-29(36)38-17-18-39-30(37)24-19-26(34)21-27(35)20-24/h9-11,14-16,19-22,25H,2-8,12-13,17-18,34-35H2,1H3/b16-11+. The van der Waals surface area contributed by atoms with Crippen molar-refractivity contribution < 1.29 is 32.6 Å². The Kier molecular flexibility index (Phi) is 11.8. The number of ether oxygens (including phenoxy) is 3. The summed E-state index contributed by atoms with van der Waals surface area (Å²) in [5.41, 5.74) is 12.8. The number of nitrogen functional groups attached to an aromatic ring is 2. The summed E-state index contributed by atoms with van der Waals surface area (Å²) in [4.78, 5) is 24.0. The molecular formula is C31H40F2N2O5. The molecule has 9 heteroatoms. The first-order chi connectivity index (χ1) is 19.2. The Morgan fingerprint density at radius 2 is 1.57 bits per heavy atom. The van der Waals surface area contributed by atoms with E-state index in [1.54, 1.807) is 12.1 Å². The van der Waals surface area contributed by atoms with E-state index in [-0.39, 0.29) is 24.5 Å². The van der Waals surface area contributed by atoms with Gasteiger partial charge in [0.1, 0.15) is 19.0 Å². The molecule has 0 saturated heterocycles. The van der Waals surface area contributed by atoms with Gasteiger partial charge in [0.15, 0.2) is 0 Å². The number of carbonyl (C=O) groups is 2. The Bertz CT molecular complexity index is 1110. The normalized spacial score (nSPS) is 17.5. The average Bonchev–Trinajstić information content (AvgIpc) is 2.92. The molecule has 2 aromatic carbocycles. The fraction of sp³-hybridized carbons (Fsp3) is 0.484. The first-order valence-corrected chi connectivity index (χ1v) is 14.0. The molecule has 1 saturated carbocycles. The van der Waals surface area contributed by atoms with Crippen LogP contribution in [-0.2, 0) is 14.3 Å². The largest absolute Gasteiger partial charge is 0.459 e. The summed E-state index contributed by atoms with van der Waals surface area (Å²) >= 11 is 0. The first kappa shape index (κ1) is 30.9. The van der Waals surface area contributed by atoms with E-state index in [0.717, 1.165) is 19.3 Å². The summed E-state index contributed by atoms with van der Waals surface area (Å²) in [5.74, 6) is -1.43. The van der Waals surface area contributed by atoms with Crippen molar-refractivity contribution in [3.8, 4) is 5.75 Å². The van der Waals surface area contributed by atoms with Crippen LogP contribution in [0.25, 0.3) is 6.08 Å². The molecule has 4 N–H and O–H groups in total. The molecule has 218 valence electrons. The van der Waals surface area contributed by atoms with Crippen LogP contribution in [-0.4, -0.2) is 31.3 Å². The lowest BCUT2D eigenvalue weighted by atomic mass is 9.79. The molecule has 3 rings (SSSR count). The Hall–Kier alpha value is -3.62. The number of benzene rings is 2. The molecule has 40 heavy (non-hydrogen) atoms. The summed E-state index contributed by atoms with van der Waals surface area (Å²) in [5, 5.41) is 0. The summed E-state index contributed by atoms with van der Waals surface area (Å²) in [6.45, 7) is 1.89. The molecule has 0 heterocycles. The van der Waals surface area contributed by atoms with E-state index in [2.05, 4.69) is 6.92 Å². The fourth-order valence-corrected chi connectivity index (χ4v) is 4.90. The molecule has 0 radical (unpaired) electrons. The van der Waals surface area contributed by atoms with E-state index in [4.69, 9.17) is 25.7 Å². The zero-order valence-corrected chi connectivity index (χ0v) is 23.1. The van der Waals surface area contributed by atoms with Gasteiger partial charge in [-0.25, -0.2) is 9.59 Å². The maximum Gasteiger partial charge on any atom is 0.400 e. The number of unbranched alkanes of at least 4 members (excludes halogenated alkanes) is 3. The summed E-state index contributed by atoms with van der Waals surface area (Å²) in [7, 11) is 0. The maximum atomic E-state index is 14.8. The van der Waals surface area contributed by atoms with Crippen molar-refractivity contribution >= 4 is 29.4 Å². The van der Waals surface area contributed by atoms with Crippen LogP contribution in [0.5, 0.6) is 5.75 Å². The molecule has 7 nitrogen and oxygen atoms in total. The van der Waals surface area contributed by atoms with Gasteiger partial charge in [-0.05, 0) is 73.6 Å². The predicted octanol–water partition coefficient (Wildman–Crippen LogP) is 7.01. The molecule has 0 bridgehead atoms. The molecule has 0 aliphatic heterocycles. The summed E-state index contributed by atoms with van der Waals surface area (Å²) in [6.07, 6.45) is 8.06. The van der Waals surface area contributed by atoms with Crippen LogP contribution < -0.4 is 16.2 Å². The van der Waals surface area contributed by atoms with E-state index in [1.807, 2.05) is 0 Å². The second-order valence-corrected chi connectivity index (χ2v) is 10.3. The van der Waals surface area contributed by atoms with Crippen LogP contribution in [0.15, 0.2) is 48.5 Å². The third-order valence-corrected chi connectivity index (χ3v) is 7.11. The van der Waals surface area contributed by atoms with E-state index in [0.29, 0.717) is 35.7 Å². The van der Waals surface area contributed by atoms with Gasteiger partial charge in [-0.15, -0.1) is 0 Å². The van der Waals surface area contributed by atoms with E-state index in [9.17, 15) is 18.4 Å². The van der Waals surface area contributed by atoms with E-state index >= 15 is 0 Å². The summed E-state index contributed by atoms with van der Waals surface area (Å²) in [6, 6.07) is 10.5. The third kappa shape index (κ3) is 10.2. The lowest BCUT2D eigenvalue weighted by Crippen LogP contribution is -2.37. The van der Waals surface area contributed by atoms with Crippen molar-refractivity contribution in [1.82, 2.24) is 0 Å². The van der Waals surface area contributed by atoms with Crippen molar-refractivity contribution in [2.45, 2.75) is 70.8 Å². The number of alkyl halides is 2. The van der Waals surface area contributed by atoms with Gasteiger partial charge in [-0.1, -0.05) is 51.2 Å². The number of hydrogen-bond acceptors (Lipinski definition) is 7. The van der Waals surface area contributed by atoms with Gasteiger partial charge >= 0.3 is 18.0 Å². The molecule has 0 unspecified atom stereocenters. The highest BCUT2D eigenvalue weighted by Crippen LogP contribution is 2.41. The highest BCUT2D eigenvalue weighted by atomic mass is 19.3. The van der Waals surface area contributed by atoms with Gasteiger partial charge in [0, 0.05) is 17.5 Å². The van der Waals surface area contributed by atoms with Gasteiger partial charge in [-0.3, -0.25) is 0 Å². The number of rotatable bonds is 14. The maximum absolute atomic E-state index is 14.8. The quantitative estimate of drug-likeness (QED) is 0.111. The first-order valence-electron chi connectivity index (χ1n) is 14.0. The lowest BCUT2D eigenvalue weighted by molar-refractivity contribution is -0.223. The second kappa shape index (κ2) is 15.2. The highest BCUT2D eigenvalue weighted by Gasteiger charge is 2.43. The second-order valence-electron chi connectivity index (χ2n) is 10.3. The molecule has 0 aromatic heterocycles. The zero-order chi connectivity index (χ0) is 29.0. The number of esters is 2. The molecule has 0 spiro atoms. The van der Waals surface area contributed by atoms with Crippen molar-refractivity contribution in [2.75, 3.05) is 24.7 Å². The molecule has 0 amide bonds. The summed E-state index contributed by atoms with van der Waals surface area (Å²) < 4.78 is 44.8. The number of hydrogen-bond donors (Lipinski definition) is 2. The molecule has 1 aliphatic rings. The average molecular weight is 559 g/mol. The molecule has 1 aliphatic carbocycles. The minimum absolute atomic E-state index is 0.0789. The molecule has 0 atom stereocenters. The third-order valence-electron chi connectivity index (χ3n) is 7.11. The number of carbonyl (C=O) groups excluding carboxylic acids is 2. The minimum atomic E-state index is -3.22. The van der Waals surface area contributed by atoms with Gasteiger partial charge < -0.3 is 25.7 Å². The Balaban J connectivity index is 1.37. The molecule has 1 fully saturated rings.